The lowest BCUT2D eigenvalue weighted by atomic mass is 9.99. The summed E-state index contributed by atoms with van der Waals surface area (Å²) in [7, 11) is 1.76. The molecule has 0 radical (unpaired) electrons. The molecule has 1 saturated heterocycles. The number of hydrogen-bond donors (Lipinski definition) is 1. The fourth-order valence-electron chi connectivity index (χ4n) is 2.98. The van der Waals surface area contributed by atoms with E-state index >= 15 is 0 Å². The van der Waals surface area contributed by atoms with Crippen LogP contribution in [-0.4, -0.2) is 51.2 Å². The van der Waals surface area contributed by atoms with Gasteiger partial charge in [0, 0.05) is 20.2 Å². The van der Waals surface area contributed by atoms with Crippen molar-refractivity contribution in [2.24, 2.45) is 5.92 Å². The van der Waals surface area contributed by atoms with Crippen molar-refractivity contribution in [2.45, 2.75) is 46.0 Å². The van der Waals surface area contributed by atoms with Crippen LogP contribution in [0.3, 0.4) is 0 Å². The molecular formula is C14H26N4O2S. The standard InChI is InChI=1S/C14H26N4O2S/c1-3-6-17-13(9-19)15-18(14(17)21)11-16-7-4-5-12(8-16)10-20-2/h12,19H,3-11H2,1-2H3. The number of ether oxygens (including phenoxy) is 1. The van der Waals surface area contributed by atoms with Gasteiger partial charge in [-0.15, -0.1) is 0 Å². The summed E-state index contributed by atoms with van der Waals surface area (Å²) < 4.78 is 9.75. The maximum absolute atomic E-state index is 9.43. The summed E-state index contributed by atoms with van der Waals surface area (Å²) in [4.78, 5) is 2.37. The van der Waals surface area contributed by atoms with Crippen molar-refractivity contribution < 1.29 is 9.84 Å². The molecule has 7 heteroatoms. The lowest BCUT2D eigenvalue weighted by Gasteiger charge is -2.31. The Morgan fingerprint density at radius 1 is 1.48 bits per heavy atom. The number of likely N-dealkylation sites (tertiary alicyclic amines) is 1. The largest absolute Gasteiger partial charge is 0.388 e. The van der Waals surface area contributed by atoms with E-state index in [2.05, 4.69) is 16.9 Å². The summed E-state index contributed by atoms with van der Waals surface area (Å²) >= 11 is 5.49. The number of methoxy groups -OCH3 is 1. The minimum absolute atomic E-state index is 0.0665. The molecule has 1 aromatic heterocycles. The lowest BCUT2D eigenvalue weighted by molar-refractivity contribution is 0.0724. The molecule has 120 valence electrons. The van der Waals surface area contributed by atoms with Gasteiger partial charge < -0.3 is 14.4 Å². The van der Waals surface area contributed by atoms with Gasteiger partial charge in [0.2, 0.25) is 0 Å². The van der Waals surface area contributed by atoms with Gasteiger partial charge >= 0.3 is 0 Å². The second-order valence-electron chi connectivity index (χ2n) is 5.69. The number of aromatic nitrogens is 3. The Bertz CT molecular complexity index is 498. The Hall–Kier alpha value is -0.760. The van der Waals surface area contributed by atoms with Crippen LogP contribution in [0.5, 0.6) is 0 Å². The van der Waals surface area contributed by atoms with Crippen molar-refractivity contribution in [1.29, 1.82) is 0 Å². The van der Waals surface area contributed by atoms with Crippen LogP contribution in [0, 0.1) is 10.7 Å². The van der Waals surface area contributed by atoms with Gasteiger partial charge in [0.05, 0.1) is 13.3 Å². The van der Waals surface area contributed by atoms with E-state index in [1.807, 2.05) is 9.25 Å². The van der Waals surface area contributed by atoms with Crippen LogP contribution in [-0.2, 0) is 24.6 Å². The lowest BCUT2D eigenvalue weighted by Crippen LogP contribution is -2.38. The Labute approximate surface area is 131 Å². The normalized spacial score (nSPS) is 20.0. The van der Waals surface area contributed by atoms with E-state index in [1.165, 1.54) is 12.8 Å². The molecule has 2 rings (SSSR count). The van der Waals surface area contributed by atoms with Crippen LogP contribution in [0.4, 0.5) is 0 Å². The van der Waals surface area contributed by atoms with Crippen LogP contribution >= 0.6 is 12.2 Å². The second kappa shape index (κ2) is 8.03. The maximum Gasteiger partial charge on any atom is 0.199 e. The van der Waals surface area contributed by atoms with E-state index in [0.717, 1.165) is 32.7 Å². The highest BCUT2D eigenvalue weighted by atomic mass is 32.1. The van der Waals surface area contributed by atoms with Crippen molar-refractivity contribution in [2.75, 3.05) is 26.8 Å². The maximum atomic E-state index is 9.43. The van der Waals surface area contributed by atoms with Gasteiger partial charge in [-0.05, 0) is 43.9 Å². The highest BCUT2D eigenvalue weighted by Crippen LogP contribution is 2.17. The van der Waals surface area contributed by atoms with Crippen molar-refractivity contribution in [3.05, 3.63) is 10.6 Å². The zero-order valence-electron chi connectivity index (χ0n) is 13.0. The van der Waals surface area contributed by atoms with Crippen LogP contribution in [0.1, 0.15) is 32.0 Å². The molecule has 2 heterocycles. The molecule has 6 nitrogen and oxygen atoms in total. The van der Waals surface area contributed by atoms with Gasteiger partial charge in [-0.25, -0.2) is 4.68 Å². The van der Waals surface area contributed by atoms with Crippen molar-refractivity contribution >= 4 is 12.2 Å². The first kappa shape index (κ1) is 16.6. The molecule has 0 saturated carbocycles. The molecule has 0 bridgehead atoms. The molecule has 0 aromatic carbocycles. The number of aliphatic hydroxyl groups excluding tert-OH is 1. The highest BCUT2D eigenvalue weighted by Gasteiger charge is 2.21. The molecule has 0 spiro atoms. The third-order valence-electron chi connectivity index (χ3n) is 3.93. The average molecular weight is 314 g/mol. The van der Waals surface area contributed by atoms with Crippen molar-refractivity contribution in [3.63, 3.8) is 0 Å². The van der Waals surface area contributed by atoms with Crippen LogP contribution in [0.15, 0.2) is 0 Å². The molecule has 0 aliphatic carbocycles. The Balaban J connectivity index is 2.07. The highest BCUT2D eigenvalue weighted by molar-refractivity contribution is 7.71. The Kier molecular flexibility index (Phi) is 6.35. The molecule has 1 aliphatic heterocycles. The second-order valence-corrected chi connectivity index (χ2v) is 6.06. The number of rotatable bonds is 7. The minimum atomic E-state index is -0.0665. The van der Waals surface area contributed by atoms with E-state index in [1.54, 1.807) is 7.11 Å². The van der Waals surface area contributed by atoms with Crippen LogP contribution in [0.2, 0.25) is 0 Å². The van der Waals surface area contributed by atoms with Crippen molar-refractivity contribution in [3.8, 4) is 0 Å². The smallest absolute Gasteiger partial charge is 0.199 e. The monoisotopic (exact) mass is 314 g/mol. The number of aliphatic hydroxyl groups is 1. The predicted molar refractivity (Wildman–Crippen MR) is 83.4 cm³/mol. The predicted octanol–water partition coefficient (Wildman–Crippen LogP) is 1.63. The molecule has 1 aliphatic rings. The van der Waals surface area contributed by atoms with E-state index < -0.39 is 0 Å². The van der Waals surface area contributed by atoms with E-state index in [0.29, 0.717) is 23.2 Å². The average Bonchev–Trinajstić information content (AvgIpc) is 2.77. The van der Waals surface area contributed by atoms with Gasteiger partial charge in [0.25, 0.3) is 0 Å². The third-order valence-corrected chi connectivity index (χ3v) is 4.36. The summed E-state index contributed by atoms with van der Waals surface area (Å²) in [5, 5.41) is 13.9. The molecular weight excluding hydrogens is 288 g/mol. The SMILES string of the molecule is CCCn1c(CO)nn(CN2CCCC(COC)C2)c1=S. The van der Waals surface area contributed by atoms with Crippen LogP contribution in [0.25, 0.3) is 0 Å². The van der Waals surface area contributed by atoms with Crippen LogP contribution < -0.4 is 0 Å². The van der Waals surface area contributed by atoms with Gasteiger partial charge in [0.1, 0.15) is 6.61 Å². The summed E-state index contributed by atoms with van der Waals surface area (Å²) in [6, 6.07) is 0. The molecule has 1 unspecified atom stereocenters. The summed E-state index contributed by atoms with van der Waals surface area (Å²) in [5.41, 5.74) is 0. The van der Waals surface area contributed by atoms with Gasteiger partial charge in [0.15, 0.2) is 10.6 Å². The van der Waals surface area contributed by atoms with E-state index in [4.69, 9.17) is 17.0 Å². The zero-order valence-corrected chi connectivity index (χ0v) is 13.8. The number of hydrogen-bond acceptors (Lipinski definition) is 5. The first-order chi connectivity index (χ1) is 10.2. The number of nitrogens with zero attached hydrogens (tertiary/aromatic N) is 4. The molecule has 1 aromatic rings. The Morgan fingerprint density at radius 2 is 2.29 bits per heavy atom. The fraction of sp³-hybridized carbons (Fsp3) is 0.857. The van der Waals surface area contributed by atoms with E-state index in [-0.39, 0.29) is 6.61 Å². The third kappa shape index (κ3) is 4.12. The van der Waals surface area contributed by atoms with Crippen molar-refractivity contribution in [1.82, 2.24) is 19.2 Å². The zero-order chi connectivity index (χ0) is 15.2. The minimum Gasteiger partial charge on any atom is -0.388 e. The molecule has 1 atom stereocenters. The topological polar surface area (TPSA) is 55.5 Å². The molecule has 0 amide bonds. The number of piperidine rings is 1. The summed E-state index contributed by atoms with van der Waals surface area (Å²) in [6.45, 7) is 6.43. The van der Waals surface area contributed by atoms with Gasteiger partial charge in [-0.2, -0.15) is 5.10 Å². The summed E-state index contributed by atoms with van der Waals surface area (Å²) in [6.07, 6.45) is 3.39. The van der Waals surface area contributed by atoms with E-state index in [9.17, 15) is 5.11 Å². The quantitative estimate of drug-likeness (QED) is 0.775. The van der Waals surface area contributed by atoms with Gasteiger partial charge in [-0.1, -0.05) is 6.92 Å². The Morgan fingerprint density at radius 3 is 2.95 bits per heavy atom. The first-order valence-corrected chi connectivity index (χ1v) is 8.09. The first-order valence-electron chi connectivity index (χ1n) is 7.68. The summed E-state index contributed by atoms with van der Waals surface area (Å²) in [5.74, 6) is 1.25. The molecule has 21 heavy (non-hydrogen) atoms. The molecule has 1 fully saturated rings. The molecule has 1 N–H and O–H groups in total. The fourth-order valence-corrected chi connectivity index (χ4v) is 3.28. The van der Waals surface area contributed by atoms with Gasteiger partial charge in [-0.3, -0.25) is 4.90 Å².